The Hall–Kier alpha value is -1.14. The highest BCUT2D eigenvalue weighted by Crippen LogP contribution is 2.55. The lowest BCUT2D eigenvalue weighted by molar-refractivity contribution is -0.184. The molecule has 2 saturated carbocycles. The van der Waals surface area contributed by atoms with Crippen LogP contribution in [0.3, 0.4) is 0 Å². The van der Waals surface area contributed by atoms with E-state index in [1.165, 1.54) is 19.3 Å². The van der Waals surface area contributed by atoms with Gasteiger partial charge in [-0.2, -0.15) is 0 Å². The van der Waals surface area contributed by atoms with Gasteiger partial charge in [-0.05, 0) is 26.2 Å². The van der Waals surface area contributed by atoms with Crippen molar-refractivity contribution in [2.75, 3.05) is 26.7 Å². The van der Waals surface area contributed by atoms with Crippen LogP contribution in [0, 0.1) is 5.41 Å². The maximum absolute atomic E-state index is 12.3. The first kappa shape index (κ1) is 17.2. The SMILES string of the molecule is CCOC1CC(N(C)C(=O)CNC(=O)CN)C12CCCCC2. The van der Waals surface area contributed by atoms with E-state index >= 15 is 0 Å². The molecule has 2 aliphatic rings. The minimum Gasteiger partial charge on any atom is -0.378 e. The van der Waals surface area contributed by atoms with Crippen molar-refractivity contribution in [2.45, 2.75) is 57.6 Å². The van der Waals surface area contributed by atoms with Crippen LogP contribution in [0.25, 0.3) is 0 Å². The standard InChI is InChI=1S/C16H29N3O3/c1-3-22-13-9-12(16(13)7-5-4-6-8-16)19(2)15(21)11-18-14(20)10-17/h12-13H,3-11,17H2,1-2H3,(H,18,20). The fourth-order valence-corrected chi connectivity index (χ4v) is 4.12. The summed E-state index contributed by atoms with van der Waals surface area (Å²) in [6.45, 7) is 2.69. The third kappa shape index (κ3) is 3.27. The summed E-state index contributed by atoms with van der Waals surface area (Å²) in [5.74, 6) is -0.346. The monoisotopic (exact) mass is 311 g/mol. The summed E-state index contributed by atoms with van der Waals surface area (Å²) in [5.41, 5.74) is 5.36. The zero-order valence-corrected chi connectivity index (χ0v) is 13.8. The molecule has 0 aromatic carbocycles. The van der Waals surface area contributed by atoms with E-state index in [4.69, 9.17) is 10.5 Å². The molecule has 0 aromatic heterocycles. The smallest absolute Gasteiger partial charge is 0.241 e. The third-order valence-electron chi connectivity index (χ3n) is 5.38. The topological polar surface area (TPSA) is 84.7 Å². The third-order valence-corrected chi connectivity index (χ3v) is 5.38. The molecule has 0 aromatic rings. The highest BCUT2D eigenvalue weighted by molar-refractivity contribution is 5.85. The second kappa shape index (κ2) is 7.42. The van der Waals surface area contributed by atoms with Crippen LogP contribution in [0.4, 0.5) is 0 Å². The molecule has 2 unspecified atom stereocenters. The fraction of sp³-hybridized carbons (Fsp3) is 0.875. The lowest BCUT2D eigenvalue weighted by atomic mass is 9.54. The quantitative estimate of drug-likeness (QED) is 0.754. The second-order valence-corrected chi connectivity index (χ2v) is 6.47. The first-order valence-electron chi connectivity index (χ1n) is 8.39. The molecule has 2 rings (SSSR count). The van der Waals surface area contributed by atoms with E-state index in [-0.39, 0.29) is 42.5 Å². The van der Waals surface area contributed by atoms with Crippen molar-refractivity contribution in [3.8, 4) is 0 Å². The Bertz CT molecular complexity index is 407. The van der Waals surface area contributed by atoms with Crippen LogP contribution in [-0.2, 0) is 14.3 Å². The van der Waals surface area contributed by atoms with Crippen molar-refractivity contribution >= 4 is 11.8 Å². The van der Waals surface area contributed by atoms with Crippen LogP contribution in [0.2, 0.25) is 0 Å². The molecule has 0 aliphatic heterocycles. The van der Waals surface area contributed by atoms with Gasteiger partial charge in [-0.25, -0.2) is 0 Å². The lowest BCUT2D eigenvalue weighted by Crippen LogP contribution is -2.66. The molecule has 1 spiro atoms. The number of likely N-dealkylation sites (N-methyl/N-ethyl adjacent to an activating group) is 1. The van der Waals surface area contributed by atoms with Crippen molar-refractivity contribution < 1.29 is 14.3 Å². The summed E-state index contributed by atoms with van der Waals surface area (Å²) >= 11 is 0. The average Bonchev–Trinajstić information content (AvgIpc) is 2.55. The molecule has 126 valence electrons. The van der Waals surface area contributed by atoms with Crippen molar-refractivity contribution in [1.29, 1.82) is 0 Å². The average molecular weight is 311 g/mol. The van der Waals surface area contributed by atoms with E-state index in [9.17, 15) is 9.59 Å². The number of nitrogens with zero attached hydrogens (tertiary/aromatic N) is 1. The first-order valence-corrected chi connectivity index (χ1v) is 8.39. The summed E-state index contributed by atoms with van der Waals surface area (Å²) in [5, 5.41) is 2.56. The van der Waals surface area contributed by atoms with Gasteiger partial charge in [-0.3, -0.25) is 9.59 Å². The Balaban J connectivity index is 1.97. The van der Waals surface area contributed by atoms with Crippen LogP contribution < -0.4 is 11.1 Å². The molecule has 2 atom stereocenters. The number of carbonyl (C=O) groups is 2. The van der Waals surface area contributed by atoms with Gasteiger partial charge in [-0.1, -0.05) is 19.3 Å². The molecular weight excluding hydrogens is 282 g/mol. The molecule has 2 fully saturated rings. The van der Waals surface area contributed by atoms with E-state index in [1.807, 2.05) is 18.9 Å². The van der Waals surface area contributed by atoms with Gasteiger partial charge in [0.15, 0.2) is 0 Å². The summed E-state index contributed by atoms with van der Waals surface area (Å²) in [6.07, 6.45) is 7.15. The second-order valence-electron chi connectivity index (χ2n) is 6.47. The van der Waals surface area contributed by atoms with Gasteiger partial charge < -0.3 is 20.7 Å². The first-order chi connectivity index (χ1) is 10.5. The number of nitrogens with two attached hydrogens (primary N) is 1. The van der Waals surface area contributed by atoms with Gasteiger partial charge in [0.25, 0.3) is 0 Å². The number of nitrogens with one attached hydrogen (secondary N) is 1. The van der Waals surface area contributed by atoms with Gasteiger partial charge in [0.05, 0.1) is 19.2 Å². The number of amides is 2. The molecule has 0 heterocycles. The van der Waals surface area contributed by atoms with Gasteiger partial charge in [-0.15, -0.1) is 0 Å². The van der Waals surface area contributed by atoms with Crippen LogP contribution in [0.1, 0.15) is 45.4 Å². The molecule has 2 aliphatic carbocycles. The van der Waals surface area contributed by atoms with Crippen molar-refractivity contribution in [3.63, 3.8) is 0 Å². The van der Waals surface area contributed by atoms with Crippen LogP contribution in [-0.4, -0.2) is 55.6 Å². The molecule has 6 nitrogen and oxygen atoms in total. The van der Waals surface area contributed by atoms with E-state index in [0.717, 1.165) is 25.9 Å². The minimum atomic E-state index is -0.296. The summed E-state index contributed by atoms with van der Waals surface area (Å²) < 4.78 is 5.92. The highest BCUT2D eigenvalue weighted by atomic mass is 16.5. The fourth-order valence-electron chi connectivity index (χ4n) is 4.12. The van der Waals surface area contributed by atoms with Crippen LogP contribution >= 0.6 is 0 Å². The number of carbonyl (C=O) groups excluding carboxylic acids is 2. The Kier molecular flexibility index (Phi) is 5.81. The van der Waals surface area contributed by atoms with Gasteiger partial charge in [0, 0.05) is 25.1 Å². The maximum Gasteiger partial charge on any atom is 0.241 e. The summed E-state index contributed by atoms with van der Waals surface area (Å²) in [6, 6.07) is 0.228. The zero-order valence-electron chi connectivity index (χ0n) is 13.8. The Morgan fingerprint density at radius 1 is 1.32 bits per heavy atom. The van der Waals surface area contributed by atoms with E-state index in [2.05, 4.69) is 5.32 Å². The predicted molar refractivity (Wildman–Crippen MR) is 84.2 cm³/mol. The van der Waals surface area contributed by atoms with Gasteiger partial charge >= 0.3 is 0 Å². The molecule has 0 radical (unpaired) electrons. The van der Waals surface area contributed by atoms with Gasteiger partial charge in [0.1, 0.15) is 0 Å². The zero-order chi connectivity index (χ0) is 16.2. The molecule has 6 heteroatoms. The van der Waals surface area contributed by atoms with Crippen molar-refractivity contribution in [1.82, 2.24) is 10.2 Å². The Labute approximate surface area is 132 Å². The molecule has 3 N–H and O–H groups in total. The number of hydrogen-bond acceptors (Lipinski definition) is 4. The van der Waals surface area contributed by atoms with Crippen molar-refractivity contribution in [2.24, 2.45) is 11.1 Å². The van der Waals surface area contributed by atoms with Crippen LogP contribution in [0.5, 0.6) is 0 Å². The van der Waals surface area contributed by atoms with Crippen LogP contribution in [0.15, 0.2) is 0 Å². The Morgan fingerprint density at radius 3 is 2.59 bits per heavy atom. The number of hydrogen-bond donors (Lipinski definition) is 2. The molecule has 2 amide bonds. The lowest BCUT2D eigenvalue weighted by Gasteiger charge is -2.60. The molecule has 0 saturated heterocycles. The van der Waals surface area contributed by atoms with E-state index in [1.54, 1.807) is 0 Å². The van der Waals surface area contributed by atoms with Gasteiger partial charge in [0.2, 0.25) is 11.8 Å². The summed E-state index contributed by atoms with van der Waals surface area (Å²) in [4.78, 5) is 25.3. The molecular formula is C16H29N3O3. The summed E-state index contributed by atoms with van der Waals surface area (Å²) in [7, 11) is 1.85. The normalized spacial score (nSPS) is 26.3. The largest absolute Gasteiger partial charge is 0.378 e. The molecule has 0 bridgehead atoms. The van der Waals surface area contributed by atoms with Crippen molar-refractivity contribution in [3.05, 3.63) is 0 Å². The van der Waals surface area contributed by atoms with E-state index < -0.39 is 0 Å². The highest BCUT2D eigenvalue weighted by Gasteiger charge is 2.57. The Morgan fingerprint density at radius 2 is 2.00 bits per heavy atom. The number of ether oxygens (including phenoxy) is 1. The van der Waals surface area contributed by atoms with E-state index in [0.29, 0.717) is 0 Å². The molecule has 22 heavy (non-hydrogen) atoms. The minimum absolute atomic E-state index is 0.0262. The predicted octanol–water partition coefficient (Wildman–Crippen LogP) is 0.648. The number of rotatable bonds is 6. The maximum atomic E-state index is 12.3.